The summed E-state index contributed by atoms with van der Waals surface area (Å²) in [5.74, 6) is -3.67. The zero-order chi connectivity index (χ0) is 17.0. The van der Waals surface area contributed by atoms with Gasteiger partial charge in [-0.05, 0) is 36.0 Å². The van der Waals surface area contributed by atoms with Crippen molar-refractivity contribution >= 4 is 23.4 Å². The van der Waals surface area contributed by atoms with Crippen LogP contribution in [0.4, 0.5) is 27.6 Å². The van der Waals surface area contributed by atoms with Crippen LogP contribution in [0.3, 0.4) is 0 Å². The number of anilines is 1. The number of pyridine rings is 2. The number of nitrogens with one attached hydrogen (secondary N) is 1. The zero-order valence-electron chi connectivity index (χ0n) is 11.1. The molecular formula is C13H8F5N3OS. The summed E-state index contributed by atoms with van der Waals surface area (Å²) in [5.41, 5.74) is -1.88. The standard InChI is InChI=1S/C13H8F5N3OS/c14-12(15)23-9-4-3-7(6-20-9)21-11(22)8-2-1-5-19-10(8)13(16,17)18/h1-6,12H,(H,21,22). The second-order valence-corrected chi connectivity index (χ2v) is 5.13. The molecule has 1 amide bonds. The summed E-state index contributed by atoms with van der Waals surface area (Å²) in [6.07, 6.45) is -2.77. The Labute approximate surface area is 131 Å². The van der Waals surface area contributed by atoms with Crippen molar-refractivity contribution in [1.82, 2.24) is 9.97 Å². The minimum atomic E-state index is -4.77. The topological polar surface area (TPSA) is 54.9 Å². The summed E-state index contributed by atoms with van der Waals surface area (Å²) in [4.78, 5) is 18.8. The molecule has 0 aliphatic carbocycles. The highest BCUT2D eigenvalue weighted by molar-refractivity contribution is 7.99. The van der Waals surface area contributed by atoms with Crippen molar-refractivity contribution in [2.75, 3.05) is 5.32 Å². The van der Waals surface area contributed by atoms with Gasteiger partial charge >= 0.3 is 6.18 Å². The minimum Gasteiger partial charge on any atom is -0.321 e. The molecule has 0 aliphatic heterocycles. The van der Waals surface area contributed by atoms with Crippen LogP contribution in [-0.2, 0) is 6.18 Å². The lowest BCUT2D eigenvalue weighted by Crippen LogP contribution is -2.20. The molecule has 0 atom stereocenters. The molecule has 122 valence electrons. The molecule has 1 N–H and O–H groups in total. The summed E-state index contributed by atoms with van der Waals surface area (Å²) in [6, 6.07) is 4.67. The lowest BCUT2D eigenvalue weighted by atomic mass is 10.1. The molecule has 2 rings (SSSR count). The number of thioether (sulfide) groups is 1. The fourth-order valence-electron chi connectivity index (χ4n) is 1.63. The first-order chi connectivity index (χ1) is 10.8. The highest BCUT2D eigenvalue weighted by Gasteiger charge is 2.36. The summed E-state index contributed by atoms with van der Waals surface area (Å²) in [7, 11) is 0. The van der Waals surface area contributed by atoms with Crippen LogP contribution < -0.4 is 5.32 Å². The molecule has 0 aromatic carbocycles. The first-order valence-corrected chi connectivity index (χ1v) is 6.90. The van der Waals surface area contributed by atoms with Gasteiger partial charge in [-0.2, -0.15) is 22.0 Å². The van der Waals surface area contributed by atoms with Crippen LogP contribution in [0.2, 0.25) is 0 Å². The smallest absolute Gasteiger partial charge is 0.321 e. The van der Waals surface area contributed by atoms with Gasteiger partial charge in [0.1, 0.15) is 5.03 Å². The van der Waals surface area contributed by atoms with Gasteiger partial charge in [0.05, 0.1) is 17.4 Å². The van der Waals surface area contributed by atoms with Gasteiger partial charge in [0.2, 0.25) is 0 Å². The summed E-state index contributed by atoms with van der Waals surface area (Å²) < 4.78 is 62.7. The maximum Gasteiger partial charge on any atom is 0.434 e. The van der Waals surface area contributed by atoms with E-state index in [1.807, 2.05) is 0 Å². The zero-order valence-corrected chi connectivity index (χ0v) is 12.0. The highest BCUT2D eigenvalue weighted by atomic mass is 32.2. The maximum absolute atomic E-state index is 12.8. The van der Waals surface area contributed by atoms with Crippen molar-refractivity contribution in [2.24, 2.45) is 0 Å². The molecule has 0 spiro atoms. The van der Waals surface area contributed by atoms with Crippen molar-refractivity contribution in [3.8, 4) is 0 Å². The lowest BCUT2D eigenvalue weighted by Gasteiger charge is -2.11. The van der Waals surface area contributed by atoms with Crippen molar-refractivity contribution < 1.29 is 26.7 Å². The Balaban J connectivity index is 2.17. The lowest BCUT2D eigenvalue weighted by molar-refractivity contribution is -0.141. The van der Waals surface area contributed by atoms with Crippen molar-refractivity contribution in [1.29, 1.82) is 0 Å². The average molecular weight is 349 g/mol. The van der Waals surface area contributed by atoms with Crippen LogP contribution in [0.25, 0.3) is 0 Å². The van der Waals surface area contributed by atoms with Crippen LogP contribution in [0, 0.1) is 0 Å². The van der Waals surface area contributed by atoms with E-state index in [0.717, 1.165) is 18.5 Å². The Kier molecular flexibility index (Phi) is 5.14. The number of hydrogen-bond acceptors (Lipinski definition) is 4. The third kappa shape index (κ3) is 4.62. The molecule has 0 fully saturated rings. The summed E-state index contributed by atoms with van der Waals surface area (Å²) in [6.45, 7) is 0. The second-order valence-electron chi connectivity index (χ2n) is 4.12. The molecule has 10 heteroatoms. The number of carbonyl (C=O) groups is 1. The van der Waals surface area contributed by atoms with Gasteiger partial charge in [0.25, 0.3) is 11.7 Å². The van der Waals surface area contributed by atoms with E-state index in [9.17, 15) is 26.7 Å². The molecule has 23 heavy (non-hydrogen) atoms. The molecule has 0 saturated heterocycles. The number of aromatic nitrogens is 2. The number of carbonyl (C=O) groups excluding carboxylic acids is 1. The quantitative estimate of drug-likeness (QED) is 0.668. The maximum atomic E-state index is 12.8. The Morgan fingerprint density at radius 1 is 1.17 bits per heavy atom. The van der Waals surface area contributed by atoms with Gasteiger partial charge in [-0.25, -0.2) is 4.98 Å². The molecule has 0 bridgehead atoms. The van der Waals surface area contributed by atoms with Gasteiger partial charge < -0.3 is 5.32 Å². The van der Waals surface area contributed by atoms with E-state index in [2.05, 4.69) is 15.3 Å². The number of nitrogens with zero attached hydrogens (tertiary/aromatic N) is 2. The number of rotatable bonds is 4. The van der Waals surface area contributed by atoms with Gasteiger partial charge in [0, 0.05) is 6.20 Å². The van der Waals surface area contributed by atoms with Gasteiger partial charge in [-0.3, -0.25) is 9.78 Å². The Hall–Kier alpha value is -2.23. The predicted octanol–water partition coefficient (Wildman–Crippen LogP) is 4.06. The molecule has 2 heterocycles. The molecule has 4 nitrogen and oxygen atoms in total. The summed E-state index contributed by atoms with van der Waals surface area (Å²) in [5, 5.41) is 2.24. The normalized spacial score (nSPS) is 11.6. The molecular weight excluding hydrogens is 341 g/mol. The van der Waals surface area contributed by atoms with E-state index in [1.54, 1.807) is 0 Å². The van der Waals surface area contributed by atoms with E-state index in [-0.39, 0.29) is 22.5 Å². The van der Waals surface area contributed by atoms with Crippen LogP contribution in [-0.4, -0.2) is 21.6 Å². The van der Waals surface area contributed by atoms with Crippen LogP contribution in [0.1, 0.15) is 16.1 Å². The molecule has 0 aliphatic rings. The summed E-state index contributed by atoms with van der Waals surface area (Å²) >= 11 is 0.212. The van der Waals surface area contributed by atoms with Crippen molar-refractivity contribution in [3.05, 3.63) is 47.9 Å². The average Bonchev–Trinajstić information content (AvgIpc) is 2.48. The number of alkyl halides is 5. The monoisotopic (exact) mass is 349 g/mol. The van der Waals surface area contributed by atoms with E-state index in [1.165, 1.54) is 18.2 Å². The molecule has 2 aromatic heterocycles. The van der Waals surface area contributed by atoms with Crippen LogP contribution in [0.15, 0.2) is 41.7 Å². The Morgan fingerprint density at radius 3 is 2.48 bits per heavy atom. The predicted molar refractivity (Wildman–Crippen MR) is 73.3 cm³/mol. The van der Waals surface area contributed by atoms with E-state index < -0.39 is 29.1 Å². The molecule has 0 radical (unpaired) electrons. The second kappa shape index (κ2) is 6.90. The minimum absolute atomic E-state index is 0.0235. The van der Waals surface area contributed by atoms with Crippen LogP contribution >= 0.6 is 11.8 Å². The first-order valence-electron chi connectivity index (χ1n) is 6.02. The third-order valence-electron chi connectivity index (χ3n) is 2.52. The fourth-order valence-corrected chi connectivity index (χ4v) is 2.07. The number of halogens is 5. The Bertz CT molecular complexity index is 691. The van der Waals surface area contributed by atoms with Crippen molar-refractivity contribution in [3.63, 3.8) is 0 Å². The van der Waals surface area contributed by atoms with Gasteiger partial charge in [-0.15, -0.1) is 0 Å². The Morgan fingerprint density at radius 2 is 1.91 bits per heavy atom. The highest BCUT2D eigenvalue weighted by Crippen LogP contribution is 2.30. The molecule has 0 saturated carbocycles. The van der Waals surface area contributed by atoms with Gasteiger partial charge in [-0.1, -0.05) is 0 Å². The van der Waals surface area contributed by atoms with E-state index in [4.69, 9.17) is 0 Å². The van der Waals surface area contributed by atoms with E-state index >= 15 is 0 Å². The third-order valence-corrected chi connectivity index (χ3v) is 3.19. The number of amides is 1. The number of hydrogen-bond donors (Lipinski definition) is 1. The van der Waals surface area contributed by atoms with Crippen LogP contribution in [0.5, 0.6) is 0 Å². The largest absolute Gasteiger partial charge is 0.434 e. The molecule has 2 aromatic rings. The first kappa shape index (κ1) is 17.1. The van der Waals surface area contributed by atoms with Crippen molar-refractivity contribution in [2.45, 2.75) is 17.0 Å². The molecule has 0 unspecified atom stereocenters. The van der Waals surface area contributed by atoms with Gasteiger partial charge in [0.15, 0.2) is 5.69 Å². The van der Waals surface area contributed by atoms with E-state index in [0.29, 0.717) is 0 Å². The fraction of sp³-hybridized carbons (Fsp3) is 0.154. The SMILES string of the molecule is O=C(Nc1ccc(SC(F)F)nc1)c1cccnc1C(F)(F)F.